The van der Waals surface area contributed by atoms with Crippen molar-refractivity contribution in [2.75, 3.05) is 19.8 Å². The van der Waals surface area contributed by atoms with E-state index in [1.54, 1.807) is 0 Å². The second-order valence-corrected chi connectivity index (χ2v) is 5.76. The van der Waals surface area contributed by atoms with Crippen LogP contribution in [0.3, 0.4) is 0 Å². The van der Waals surface area contributed by atoms with Crippen LogP contribution in [0.25, 0.3) is 11.0 Å². The summed E-state index contributed by atoms with van der Waals surface area (Å²) >= 11 is 3.48. The number of nitrogens with two attached hydrogens (primary N) is 1. The number of hydrogen-bond donors (Lipinski definition) is 2. The number of nitrogens with one attached hydrogen (secondary N) is 1. The molecule has 0 bridgehead atoms. The SMILES string of the molecule is NCC1(c2nc3ccc(Br)cc3[nH]2)CCOCC1. The van der Waals surface area contributed by atoms with E-state index in [9.17, 15) is 0 Å². The number of benzene rings is 1. The van der Waals surface area contributed by atoms with Gasteiger partial charge in [-0.1, -0.05) is 15.9 Å². The maximum atomic E-state index is 6.00. The lowest BCUT2D eigenvalue weighted by Gasteiger charge is -2.34. The van der Waals surface area contributed by atoms with Gasteiger partial charge in [0, 0.05) is 29.6 Å². The van der Waals surface area contributed by atoms with Crippen LogP contribution in [0.5, 0.6) is 0 Å². The minimum absolute atomic E-state index is 0.0518. The number of imidazole rings is 1. The van der Waals surface area contributed by atoms with Gasteiger partial charge < -0.3 is 15.5 Å². The van der Waals surface area contributed by atoms with Gasteiger partial charge in [-0.3, -0.25) is 0 Å². The van der Waals surface area contributed by atoms with Crippen LogP contribution in [-0.2, 0) is 10.2 Å². The molecule has 3 N–H and O–H groups in total. The number of ether oxygens (including phenoxy) is 1. The molecule has 18 heavy (non-hydrogen) atoms. The van der Waals surface area contributed by atoms with Crippen LogP contribution in [0.15, 0.2) is 22.7 Å². The summed E-state index contributed by atoms with van der Waals surface area (Å²) < 4.78 is 6.49. The fraction of sp³-hybridized carbons (Fsp3) is 0.462. The van der Waals surface area contributed by atoms with Crippen molar-refractivity contribution < 1.29 is 4.74 Å². The lowest BCUT2D eigenvalue weighted by atomic mass is 9.79. The van der Waals surface area contributed by atoms with Gasteiger partial charge in [-0.25, -0.2) is 4.98 Å². The highest BCUT2D eigenvalue weighted by Gasteiger charge is 2.36. The highest BCUT2D eigenvalue weighted by molar-refractivity contribution is 9.10. The van der Waals surface area contributed by atoms with Gasteiger partial charge in [0.25, 0.3) is 0 Å². The Hall–Kier alpha value is -0.910. The molecule has 3 rings (SSSR count). The Morgan fingerprint density at radius 1 is 1.39 bits per heavy atom. The zero-order valence-corrected chi connectivity index (χ0v) is 11.7. The van der Waals surface area contributed by atoms with Gasteiger partial charge in [0.2, 0.25) is 0 Å². The van der Waals surface area contributed by atoms with Gasteiger partial charge in [0.1, 0.15) is 5.82 Å². The normalized spacial score (nSPS) is 19.2. The largest absolute Gasteiger partial charge is 0.381 e. The van der Waals surface area contributed by atoms with E-state index in [0.29, 0.717) is 6.54 Å². The van der Waals surface area contributed by atoms with Crippen molar-refractivity contribution in [1.29, 1.82) is 0 Å². The third kappa shape index (κ3) is 1.96. The second-order valence-electron chi connectivity index (χ2n) is 4.84. The molecule has 1 fully saturated rings. The minimum Gasteiger partial charge on any atom is -0.381 e. The summed E-state index contributed by atoms with van der Waals surface area (Å²) in [5, 5.41) is 0. The highest BCUT2D eigenvalue weighted by atomic mass is 79.9. The smallest absolute Gasteiger partial charge is 0.114 e. The molecule has 2 heterocycles. The Labute approximate surface area is 114 Å². The zero-order valence-electron chi connectivity index (χ0n) is 10.1. The average Bonchev–Trinajstić information content (AvgIpc) is 2.83. The summed E-state index contributed by atoms with van der Waals surface area (Å²) in [5.41, 5.74) is 7.99. The molecule has 1 aliphatic rings. The molecule has 0 atom stereocenters. The zero-order chi connectivity index (χ0) is 12.6. The maximum Gasteiger partial charge on any atom is 0.114 e. The van der Waals surface area contributed by atoms with Crippen molar-refractivity contribution in [2.24, 2.45) is 5.73 Å². The molecule has 0 unspecified atom stereocenters. The van der Waals surface area contributed by atoms with Gasteiger partial charge in [0.15, 0.2) is 0 Å². The molecule has 0 saturated carbocycles. The van der Waals surface area contributed by atoms with Crippen LogP contribution in [0.1, 0.15) is 18.7 Å². The predicted octanol–water partition coefficient (Wildman–Crippen LogP) is 2.33. The van der Waals surface area contributed by atoms with E-state index >= 15 is 0 Å². The van der Waals surface area contributed by atoms with Gasteiger partial charge in [-0.05, 0) is 31.0 Å². The molecule has 0 radical (unpaired) electrons. The van der Waals surface area contributed by atoms with Crippen molar-refractivity contribution in [1.82, 2.24) is 9.97 Å². The molecule has 1 aliphatic heterocycles. The lowest BCUT2D eigenvalue weighted by Crippen LogP contribution is -2.41. The highest BCUT2D eigenvalue weighted by Crippen LogP contribution is 2.33. The monoisotopic (exact) mass is 309 g/mol. The first-order valence-corrected chi connectivity index (χ1v) is 6.96. The van der Waals surface area contributed by atoms with Crippen molar-refractivity contribution in [3.63, 3.8) is 0 Å². The van der Waals surface area contributed by atoms with Gasteiger partial charge in [0.05, 0.1) is 11.0 Å². The maximum absolute atomic E-state index is 6.00. The molecule has 96 valence electrons. The van der Waals surface area contributed by atoms with Crippen LogP contribution in [0.2, 0.25) is 0 Å². The molecular formula is C13H16BrN3O. The Balaban J connectivity index is 2.06. The van der Waals surface area contributed by atoms with Crippen LogP contribution in [-0.4, -0.2) is 29.7 Å². The van der Waals surface area contributed by atoms with E-state index in [2.05, 4.69) is 27.0 Å². The Kier molecular flexibility index (Phi) is 3.13. The number of aromatic nitrogens is 2. The van der Waals surface area contributed by atoms with E-state index in [4.69, 9.17) is 15.5 Å². The topological polar surface area (TPSA) is 63.9 Å². The van der Waals surface area contributed by atoms with Gasteiger partial charge in [-0.2, -0.15) is 0 Å². The summed E-state index contributed by atoms with van der Waals surface area (Å²) in [7, 11) is 0. The van der Waals surface area contributed by atoms with Crippen LogP contribution in [0, 0.1) is 0 Å². The number of rotatable bonds is 2. The first-order valence-electron chi connectivity index (χ1n) is 6.17. The molecule has 2 aromatic rings. The third-order valence-electron chi connectivity index (χ3n) is 3.79. The van der Waals surface area contributed by atoms with Crippen LogP contribution < -0.4 is 5.73 Å². The summed E-state index contributed by atoms with van der Waals surface area (Å²) in [5.74, 6) is 1.00. The first-order chi connectivity index (χ1) is 8.73. The molecular weight excluding hydrogens is 294 g/mol. The Bertz CT molecular complexity index is 560. The quantitative estimate of drug-likeness (QED) is 0.895. The van der Waals surface area contributed by atoms with E-state index < -0.39 is 0 Å². The lowest BCUT2D eigenvalue weighted by molar-refractivity contribution is 0.0503. The Morgan fingerprint density at radius 2 is 2.17 bits per heavy atom. The summed E-state index contributed by atoms with van der Waals surface area (Å²) in [6.07, 6.45) is 1.87. The van der Waals surface area contributed by atoms with E-state index in [1.807, 2.05) is 12.1 Å². The van der Waals surface area contributed by atoms with E-state index in [1.165, 1.54) is 0 Å². The van der Waals surface area contributed by atoms with Crippen molar-refractivity contribution in [2.45, 2.75) is 18.3 Å². The van der Waals surface area contributed by atoms with Gasteiger partial charge in [-0.15, -0.1) is 0 Å². The summed E-state index contributed by atoms with van der Waals surface area (Å²) in [6.45, 7) is 2.13. The summed E-state index contributed by atoms with van der Waals surface area (Å²) in [4.78, 5) is 8.13. The average molecular weight is 310 g/mol. The molecule has 1 saturated heterocycles. The van der Waals surface area contributed by atoms with Gasteiger partial charge >= 0.3 is 0 Å². The van der Waals surface area contributed by atoms with Crippen molar-refractivity contribution in [3.8, 4) is 0 Å². The molecule has 0 spiro atoms. The number of H-pyrrole nitrogens is 1. The number of aromatic amines is 1. The standard InChI is InChI=1S/C13H16BrN3O/c14-9-1-2-10-11(7-9)17-12(16-10)13(8-15)3-5-18-6-4-13/h1-2,7H,3-6,8,15H2,(H,16,17). The molecule has 0 amide bonds. The molecule has 5 heteroatoms. The number of hydrogen-bond acceptors (Lipinski definition) is 3. The minimum atomic E-state index is -0.0518. The van der Waals surface area contributed by atoms with Crippen LogP contribution >= 0.6 is 15.9 Å². The number of halogens is 1. The molecule has 1 aromatic heterocycles. The predicted molar refractivity (Wildman–Crippen MR) is 74.6 cm³/mol. The van der Waals surface area contributed by atoms with Crippen molar-refractivity contribution in [3.05, 3.63) is 28.5 Å². The molecule has 1 aromatic carbocycles. The second kappa shape index (κ2) is 4.64. The first kappa shape index (κ1) is 12.1. The van der Waals surface area contributed by atoms with Crippen LogP contribution in [0.4, 0.5) is 0 Å². The van der Waals surface area contributed by atoms with Crippen molar-refractivity contribution >= 4 is 27.0 Å². The summed E-state index contributed by atoms with van der Waals surface area (Å²) in [6, 6.07) is 6.07. The third-order valence-corrected chi connectivity index (χ3v) is 4.28. The fourth-order valence-corrected chi connectivity index (χ4v) is 2.89. The fourth-order valence-electron chi connectivity index (χ4n) is 2.53. The molecule has 4 nitrogen and oxygen atoms in total. The molecule has 0 aliphatic carbocycles. The Morgan fingerprint density at radius 3 is 2.89 bits per heavy atom. The number of nitrogens with zero attached hydrogens (tertiary/aromatic N) is 1. The van der Waals surface area contributed by atoms with E-state index in [-0.39, 0.29) is 5.41 Å². The number of fused-ring (bicyclic) bond motifs is 1. The van der Waals surface area contributed by atoms with E-state index in [0.717, 1.165) is 47.4 Å².